The zero-order valence-corrected chi connectivity index (χ0v) is 19.0. The quantitative estimate of drug-likeness (QED) is 0.223. The minimum atomic E-state index is -0.783. The van der Waals surface area contributed by atoms with Crippen molar-refractivity contribution in [1.29, 1.82) is 0 Å². The third-order valence-corrected chi connectivity index (χ3v) is 6.51. The summed E-state index contributed by atoms with van der Waals surface area (Å²) in [6, 6.07) is 18.1. The molecule has 0 bridgehead atoms. The molecule has 5 aromatic rings. The molecule has 0 aliphatic carbocycles. The van der Waals surface area contributed by atoms with Crippen molar-refractivity contribution in [3.8, 4) is 5.75 Å². The van der Waals surface area contributed by atoms with Gasteiger partial charge in [0.2, 0.25) is 0 Å². The molecule has 9 heteroatoms. The molecule has 0 fully saturated rings. The number of methoxy groups -OCH3 is 2. The topological polar surface area (TPSA) is 100 Å². The Morgan fingerprint density at radius 1 is 1.03 bits per heavy atom. The summed E-state index contributed by atoms with van der Waals surface area (Å²) >= 11 is 1.20. The van der Waals surface area contributed by atoms with E-state index in [1.807, 2.05) is 36.4 Å². The van der Waals surface area contributed by atoms with E-state index >= 15 is 0 Å². The van der Waals surface area contributed by atoms with E-state index in [0.717, 1.165) is 15.5 Å². The molecule has 0 aliphatic rings. The summed E-state index contributed by atoms with van der Waals surface area (Å²) in [6.45, 7) is -0.181. The van der Waals surface area contributed by atoms with E-state index in [4.69, 9.17) is 13.9 Å². The smallest absolute Gasteiger partial charge is 0.349 e. The van der Waals surface area contributed by atoms with Crippen LogP contribution in [-0.4, -0.2) is 30.7 Å². The molecule has 0 N–H and O–H groups in total. The maximum atomic E-state index is 13.2. The molecule has 0 spiro atoms. The molecule has 0 saturated heterocycles. The lowest BCUT2D eigenvalue weighted by Gasteiger charge is -2.07. The number of carbonyl (C=O) groups excluding carboxylic acids is 2. The summed E-state index contributed by atoms with van der Waals surface area (Å²) in [5.41, 5.74) is 0.00345. The highest BCUT2D eigenvalue weighted by Crippen LogP contribution is 2.28. The summed E-state index contributed by atoms with van der Waals surface area (Å²) in [5.74, 6) is -0.771. The van der Waals surface area contributed by atoms with Crippen LogP contribution in [0.15, 0.2) is 74.9 Å². The predicted molar refractivity (Wildman–Crippen MR) is 128 cm³/mol. The molecule has 0 aliphatic heterocycles. The largest absolute Gasteiger partial charge is 0.495 e. The van der Waals surface area contributed by atoms with E-state index < -0.39 is 17.5 Å². The van der Waals surface area contributed by atoms with E-state index in [9.17, 15) is 14.4 Å². The molecule has 34 heavy (non-hydrogen) atoms. The Labute approximate surface area is 196 Å². The van der Waals surface area contributed by atoms with E-state index in [1.165, 1.54) is 31.6 Å². The maximum Gasteiger partial charge on any atom is 0.349 e. The fourth-order valence-electron chi connectivity index (χ4n) is 3.86. The first kappa shape index (κ1) is 21.6. The van der Waals surface area contributed by atoms with Gasteiger partial charge in [-0.15, -0.1) is 0 Å². The zero-order chi connectivity index (χ0) is 23.8. The molecular weight excluding hydrogens is 456 g/mol. The molecule has 2 heterocycles. The van der Waals surface area contributed by atoms with Crippen LogP contribution < -0.4 is 15.2 Å². The Balaban J connectivity index is 1.72. The number of esters is 1. The monoisotopic (exact) mass is 474 g/mol. The van der Waals surface area contributed by atoms with E-state index in [-0.39, 0.29) is 16.9 Å². The maximum absolute atomic E-state index is 13.2. The predicted octanol–water partition coefficient (Wildman–Crippen LogP) is 3.89. The van der Waals surface area contributed by atoms with Gasteiger partial charge < -0.3 is 18.5 Å². The number of hydrogen-bond donors (Lipinski definition) is 0. The van der Waals surface area contributed by atoms with Crippen molar-refractivity contribution in [3.63, 3.8) is 0 Å². The number of rotatable bonds is 4. The zero-order valence-electron chi connectivity index (χ0n) is 18.2. The van der Waals surface area contributed by atoms with Crippen LogP contribution in [0.2, 0.25) is 0 Å². The summed E-state index contributed by atoms with van der Waals surface area (Å²) in [4.78, 5) is 42.3. The summed E-state index contributed by atoms with van der Waals surface area (Å²) in [5, 5.41) is 2.44. The highest BCUT2D eigenvalue weighted by molar-refractivity contribution is 7.16. The molecule has 0 saturated carbocycles. The Bertz CT molecular complexity index is 1730. The van der Waals surface area contributed by atoms with Crippen molar-refractivity contribution >= 4 is 55.2 Å². The lowest BCUT2D eigenvalue weighted by Crippen LogP contribution is -2.23. The molecule has 0 unspecified atom stereocenters. The van der Waals surface area contributed by atoms with Crippen LogP contribution in [0.3, 0.4) is 0 Å². The molecular formula is C25H18N2O6S. The van der Waals surface area contributed by atoms with Gasteiger partial charge in [0.05, 0.1) is 18.9 Å². The number of fused-ring (bicyclic) bond motifs is 4. The van der Waals surface area contributed by atoms with Gasteiger partial charge in [-0.2, -0.15) is 4.99 Å². The Morgan fingerprint density at radius 3 is 2.65 bits per heavy atom. The number of para-hydroxylation sites is 1. The van der Waals surface area contributed by atoms with Crippen LogP contribution in [0.4, 0.5) is 0 Å². The van der Waals surface area contributed by atoms with Gasteiger partial charge in [0.1, 0.15) is 29.0 Å². The summed E-state index contributed by atoms with van der Waals surface area (Å²) < 4.78 is 18.0. The van der Waals surface area contributed by atoms with Gasteiger partial charge >= 0.3 is 11.6 Å². The van der Waals surface area contributed by atoms with Crippen LogP contribution in [0.1, 0.15) is 10.4 Å². The van der Waals surface area contributed by atoms with Crippen LogP contribution >= 0.6 is 11.3 Å². The fourth-order valence-corrected chi connectivity index (χ4v) is 4.90. The number of carbonyl (C=O) groups is 2. The molecule has 8 nitrogen and oxygen atoms in total. The Hall–Kier alpha value is -4.24. The lowest BCUT2D eigenvalue weighted by molar-refractivity contribution is -0.141. The Morgan fingerprint density at radius 2 is 1.85 bits per heavy atom. The molecule has 5 rings (SSSR count). The highest BCUT2D eigenvalue weighted by Gasteiger charge is 2.18. The van der Waals surface area contributed by atoms with Crippen molar-refractivity contribution in [2.75, 3.05) is 14.2 Å². The second-order valence-electron chi connectivity index (χ2n) is 7.42. The first-order valence-corrected chi connectivity index (χ1v) is 11.1. The number of aromatic nitrogens is 1. The van der Waals surface area contributed by atoms with E-state index in [0.29, 0.717) is 22.2 Å². The van der Waals surface area contributed by atoms with Crippen molar-refractivity contribution < 1.29 is 23.5 Å². The van der Waals surface area contributed by atoms with Gasteiger partial charge in [-0.1, -0.05) is 47.7 Å². The average molecular weight is 474 g/mol. The van der Waals surface area contributed by atoms with Crippen LogP contribution in [0.5, 0.6) is 5.75 Å². The van der Waals surface area contributed by atoms with E-state index in [2.05, 4.69) is 4.99 Å². The third-order valence-electron chi connectivity index (χ3n) is 5.47. The highest BCUT2D eigenvalue weighted by atomic mass is 32.1. The summed E-state index contributed by atoms with van der Waals surface area (Å²) in [6.07, 6.45) is 0. The van der Waals surface area contributed by atoms with Gasteiger partial charge in [-0.3, -0.25) is 9.59 Å². The van der Waals surface area contributed by atoms with Crippen molar-refractivity contribution in [2.24, 2.45) is 4.99 Å². The number of ether oxygens (including phenoxy) is 2. The molecule has 1 amide bonds. The van der Waals surface area contributed by atoms with E-state index in [1.54, 1.807) is 22.8 Å². The second-order valence-corrected chi connectivity index (χ2v) is 8.43. The number of thiazole rings is 1. The lowest BCUT2D eigenvalue weighted by atomic mass is 10.0. The second kappa shape index (κ2) is 8.60. The Kier molecular flexibility index (Phi) is 5.46. The third kappa shape index (κ3) is 3.65. The molecule has 170 valence electrons. The average Bonchev–Trinajstić information content (AvgIpc) is 3.19. The minimum absolute atomic E-state index is 0.181. The first-order valence-electron chi connectivity index (χ1n) is 10.3. The van der Waals surface area contributed by atoms with Gasteiger partial charge in [0.15, 0.2) is 4.80 Å². The standard InChI is InChI=1S/C25H18N2O6S/c1-31-19-8-5-9-20-22(19)27(13-21(28)32-2)25(34-20)26-23(29)17-12-16-15-7-4-3-6-14(15)10-11-18(16)33-24(17)30/h3-12H,13H2,1-2H3. The SMILES string of the molecule is COC(=O)Cn1c(=NC(=O)c2cc3c(ccc4ccccc43)oc2=O)sc2cccc(OC)c21. The van der Waals surface area contributed by atoms with Crippen LogP contribution in [0.25, 0.3) is 32.0 Å². The van der Waals surface area contributed by atoms with Gasteiger partial charge in [0.25, 0.3) is 5.91 Å². The van der Waals surface area contributed by atoms with Crippen molar-refractivity contribution in [1.82, 2.24) is 4.57 Å². The van der Waals surface area contributed by atoms with Gasteiger partial charge in [0, 0.05) is 5.39 Å². The van der Waals surface area contributed by atoms with Crippen LogP contribution in [0, 0.1) is 0 Å². The number of nitrogens with zero attached hydrogens (tertiary/aromatic N) is 2. The fraction of sp³-hybridized carbons (Fsp3) is 0.120. The van der Waals surface area contributed by atoms with Gasteiger partial charge in [-0.25, -0.2) is 4.79 Å². The van der Waals surface area contributed by atoms with Crippen LogP contribution in [-0.2, 0) is 16.1 Å². The minimum Gasteiger partial charge on any atom is -0.495 e. The number of benzene rings is 3. The van der Waals surface area contributed by atoms with Crippen molar-refractivity contribution in [2.45, 2.75) is 6.54 Å². The molecule has 0 atom stereocenters. The number of hydrogen-bond acceptors (Lipinski definition) is 7. The molecule has 3 aromatic carbocycles. The van der Waals surface area contributed by atoms with Crippen molar-refractivity contribution in [3.05, 3.63) is 81.4 Å². The first-order chi connectivity index (χ1) is 16.5. The molecule has 2 aromatic heterocycles. The summed E-state index contributed by atoms with van der Waals surface area (Å²) in [7, 11) is 2.79. The van der Waals surface area contributed by atoms with Gasteiger partial charge in [-0.05, 0) is 35.0 Å². The number of amides is 1. The normalized spacial score (nSPS) is 11.9. The molecule has 0 radical (unpaired) electrons.